The van der Waals surface area contributed by atoms with Crippen molar-refractivity contribution in [1.29, 1.82) is 0 Å². The van der Waals surface area contributed by atoms with Crippen molar-refractivity contribution in [2.75, 3.05) is 6.61 Å². The van der Waals surface area contributed by atoms with Gasteiger partial charge in [-0.15, -0.1) is 0 Å². The van der Waals surface area contributed by atoms with Gasteiger partial charge in [-0.05, 0) is 50.3 Å². The minimum absolute atomic E-state index is 0.282. The van der Waals surface area contributed by atoms with Crippen LogP contribution in [-0.2, 0) is 9.53 Å². The lowest BCUT2D eigenvalue weighted by atomic mass is 10.1. The number of carbonyl (C=O) groups is 2. The Hall–Kier alpha value is -4.00. The van der Waals surface area contributed by atoms with Crippen LogP contribution >= 0.6 is 0 Å². The van der Waals surface area contributed by atoms with Crippen LogP contribution in [0.2, 0.25) is 0 Å². The number of nitrogens with zero attached hydrogens (tertiary/aromatic N) is 2. The van der Waals surface area contributed by atoms with Crippen LogP contribution in [0.25, 0.3) is 22.7 Å². The highest BCUT2D eigenvalue weighted by molar-refractivity contribution is 6.09. The summed E-state index contributed by atoms with van der Waals surface area (Å²) in [5.74, 6) is -1.23. The highest BCUT2D eigenvalue weighted by Crippen LogP contribution is 2.20. The smallest absolute Gasteiger partial charge is 0.331 e. The van der Waals surface area contributed by atoms with E-state index in [9.17, 15) is 14.0 Å². The van der Waals surface area contributed by atoms with Crippen molar-refractivity contribution in [3.63, 3.8) is 0 Å². The zero-order valence-corrected chi connectivity index (χ0v) is 17.1. The Morgan fingerprint density at radius 1 is 1.13 bits per heavy atom. The Bertz CT molecular complexity index is 1300. The first kappa shape index (κ1) is 20.3. The van der Waals surface area contributed by atoms with Gasteiger partial charge >= 0.3 is 5.97 Å². The molecular formula is C24H20FN3O3. The summed E-state index contributed by atoms with van der Waals surface area (Å²) in [6, 6.07) is 13.4. The van der Waals surface area contributed by atoms with Crippen LogP contribution in [-0.4, -0.2) is 33.1 Å². The number of H-pyrrole nitrogens is 1. The summed E-state index contributed by atoms with van der Waals surface area (Å²) in [5, 5.41) is 5.25. The summed E-state index contributed by atoms with van der Waals surface area (Å²) in [4.78, 5) is 27.6. The van der Waals surface area contributed by atoms with Crippen LogP contribution in [0.5, 0.6) is 0 Å². The average Bonchev–Trinajstić information content (AvgIpc) is 3.32. The molecule has 2 heterocycles. The van der Waals surface area contributed by atoms with Gasteiger partial charge in [-0.1, -0.05) is 18.2 Å². The molecule has 0 saturated carbocycles. The number of hydrogen-bond acceptors (Lipinski definition) is 4. The zero-order chi connectivity index (χ0) is 22.0. The van der Waals surface area contributed by atoms with Gasteiger partial charge in [-0.3, -0.25) is 4.79 Å². The molecule has 0 aliphatic carbocycles. The van der Waals surface area contributed by atoms with E-state index in [1.165, 1.54) is 18.2 Å². The number of aryl methyl sites for hydroxylation is 1. The molecule has 2 aromatic carbocycles. The van der Waals surface area contributed by atoms with Gasteiger partial charge in [0.2, 0.25) is 5.78 Å². The molecule has 0 spiro atoms. The van der Waals surface area contributed by atoms with Crippen LogP contribution < -0.4 is 0 Å². The van der Waals surface area contributed by atoms with Crippen molar-refractivity contribution >= 4 is 28.7 Å². The quantitative estimate of drug-likeness (QED) is 0.284. The molecule has 6 nitrogen and oxygen atoms in total. The highest BCUT2D eigenvalue weighted by atomic mass is 19.1. The molecule has 0 radical (unpaired) electrons. The first-order valence-corrected chi connectivity index (χ1v) is 9.70. The predicted molar refractivity (Wildman–Crippen MR) is 116 cm³/mol. The number of aromatic nitrogens is 3. The van der Waals surface area contributed by atoms with E-state index in [-0.39, 0.29) is 18.2 Å². The lowest BCUT2D eigenvalue weighted by Crippen LogP contribution is -2.12. The number of fused-ring (bicyclic) bond motifs is 1. The summed E-state index contributed by atoms with van der Waals surface area (Å²) >= 11 is 0. The van der Waals surface area contributed by atoms with Crippen molar-refractivity contribution in [2.24, 2.45) is 0 Å². The lowest BCUT2D eigenvalue weighted by molar-refractivity contribution is -0.136. The number of nitrogens with one attached hydrogen (secondary N) is 1. The van der Waals surface area contributed by atoms with Crippen molar-refractivity contribution in [2.45, 2.75) is 13.8 Å². The second-order valence-corrected chi connectivity index (χ2v) is 7.08. The van der Waals surface area contributed by atoms with Crippen LogP contribution in [0.15, 0.2) is 60.8 Å². The van der Waals surface area contributed by atoms with Gasteiger partial charge in [0.15, 0.2) is 6.61 Å². The molecule has 0 atom stereocenters. The zero-order valence-electron chi connectivity index (χ0n) is 17.1. The molecule has 156 valence electrons. The normalized spacial score (nSPS) is 11.3. The Balaban J connectivity index is 1.43. The fourth-order valence-corrected chi connectivity index (χ4v) is 3.45. The topological polar surface area (TPSA) is 77.0 Å². The first-order chi connectivity index (χ1) is 14.9. The van der Waals surface area contributed by atoms with Crippen LogP contribution in [0, 0.1) is 19.7 Å². The fraction of sp³-hybridized carbons (Fsp3) is 0.125. The number of hydrogen-bond donors (Lipinski definition) is 1. The number of halogens is 1. The number of benzene rings is 2. The van der Waals surface area contributed by atoms with E-state index in [4.69, 9.17) is 4.74 Å². The molecule has 0 saturated heterocycles. The van der Waals surface area contributed by atoms with Crippen LogP contribution in [0.1, 0.15) is 27.3 Å². The monoisotopic (exact) mass is 417 g/mol. The van der Waals surface area contributed by atoms with E-state index >= 15 is 0 Å². The second-order valence-electron chi connectivity index (χ2n) is 7.08. The van der Waals surface area contributed by atoms with E-state index in [2.05, 4.69) is 10.1 Å². The number of aromatic amines is 1. The fourth-order valence-electron chi connectivity index (χ4n) is 3.45. The summed E-state index contributed by atoms with van der Waals surface area (Å²) < 4.78 is 20.0. The number of ether oxygens (including phenoxy) is 1. The van der Waals surface area contributed by atoms with Gasteiger partial charge in [0.25, 0.3) is 0 Å². The molecule has 31 heavy (non-hydrogen) atoms. The maximum atomic E-state index is 13.2. The van der Waals surface area contributed by atoms with Gasteiger partial charge in [-0.25, -0.2) is 13.9 Å². The molecule has 0 unspecified atom stereocenters. The molecule has 4 rings (SSSR count). The van der Waals surface area contributed by atoms with Gasteiger partial charge in [0.05, 0.1) is 11.4 Å². The molecular weight excluding hydrogens is 397 g/mol. The maximum Gasteiger partial charge on any atom is 0.331 e. The first-order valence-electron chi connectivity index (χ1n) is 9.70. The maximum absolute atomic E-state index is 13.2. The van der Waals surface area contributed by atoms with Gasteiger partial charge in [-0.2, -0.15) is 5.10 Å². The minimum atomic E-state index is -0.624. The molecule has 1 N–H and O–H groups in total. The second kappa shape index (κ2) is 8.39. The number of esters is 1. The number of Topliss-reactive ketones (excluding diaryl/α,β-unsaturated/α-hetero) is 1. The molecule has 4 aromatic rings. The molecule has 0 amide bonds. The number of carbonyl (C=O) groups excluding carboxylic acids is 2. The highest BCUT2D eigenvalue weighted by Gasteiger charge is 2.14. The molecule has 0 aliphatic rings. The molecule has 0 aliphatic heterocycles. The molecule has 7 heteroatoms. The standard InChI is InChI=1S/C24H20FN3O3/c1-15-19(16(2)28(27-15)18-9-7-17(25)8-10-18)11-12-24(30)31-14-23(29)21-13-26-22-6-4-3-5-20(21)22/h3-13,26H,14H2,1-2H3. The molecule has 0 fully saturated rings. The molecule has 0 bridgehead atoms. The Morgan fingerprint density at radius 3 is 2.65 bits per heavy atom. The number of ketones is 1. The summed E-state index contributed by atoms with van der Waals surface area (Å²) in [6.07, 6.45) is 4.50. The SMILES string of the molecule is Cc1nn(-c2ccc(F)cc2)c(C)c1C=CC(=O)OCC(=O)c1c[nH]c2ccccc12. The average molecular weight is 417 g/mol. The molecule has 2 aromatic heterocycles. The third-order valence-electron chi connectivity index (χ3n) is 5.04. The Labute approximate surface area is 178 Å². The lowest BCUT2D eigenvalue weighted by Gasteiger charge is -2.04. The number of rotatable bonds is 6. The van der Waals surface area contributed by atoms with Gasteiger partial charge < -0.3 is 9.72 Å². The van der Waals surface area contributed by atoms with E-state index in [1.54, 1.807) is 29.1 Å². The van der Waals surface area contributed by atoms with Crippen LogP contribution in [0.4, 0.5) is 4.39 Å². The van der Waals surface area contributed by atoms with E-state index < -0.39 is 5.97 Å². The summed E-state index contributed by atoms with van der Waals surface area (Å²) in [7, 11) is 0. The van der Waals surface area contributed by atoms with Crippen molar-refractivity contribution in [3.05, 3.63) is 89.1 Å². The summed E-state index contributed by atoms with van der Waals surface area (Å²) in [5.41, 5.74) is 4.31. The van der Waals surface area contributed by atoms with Gasteiger partial charge in [0.1, 0.15) is 5.82 Å². The van der Waals surface area contributed by atoms with Crippen molar-refractivity contribution < 1.29 is 18.7 Å². The van der Waals surface area contributed by atoms with E-state index in [0.29, 0.717) is 16.9 Å². The van der Waals surface area contributed by atoms with Crippen LogP contribution in [0.3, 0.4) is 0 Å². The Kier molecular flexibility index (Phi) is 5.49. The van der Waals surface area contributed by atoms with Crippen molar-refractivity contribution in [3.8, 4) is 5.69 Å². The number of para-hydroxylation sites is 1. The third-order valence-corrected chi connectivity index (χ3v) is 5.04. The minimum Gasteiger partial charge on any atom is -0.454 e. The van der Waals surface area contributed by atoms with E-state index in [1.807, 2.05) is 38.1 Å². The summed E-state index contributed by atoms with van der Waals surface area (Å²) in [6.45, 7) is 3.32. The third kappa shape index (κ3) is 4.16. The van der Waals surface area contributed by atoms with Gasteiger partial charge in [0, 0.05) is 40.0 Å². The Morgan fingerprint density at radius 2 is 1.87 bits per heavy atom. The predicted octanol–water partition coefficient (Wildman–Crippen LogP) is 4.55. The van der Waals surface area contributed by atoms with Crippen molar-refractivity contribution in [1.82, 2.24) is 14.8 Å². The van der Waals surface area contributed by atoms with E-state index in [0.717, 1.165) is 22.2 Å². The largest absolute Gasteiger partial charge is 0.454 e.